The molecule has 1 unspecified atom stereocenters. The first-order valence-electron chi connectivity index (χ1n) is 8.67. The number of hydrogen-bond acceptors (Lipinski definition) is 2. The molecule has 0 aliphatic heterocycles. The zero-order valence-corrected chi connectivity index (χ0v) is 15.4. The van der Waals surface area contributed by atoms with Crippen LogP contribution in [-0.2, 0) is 0 Å². The Labute approximate surface area is 150 Å². The fourth-order valence-electron chi connectivity index (χ4n) is 2.80. The van der Waals surface area contributed by atoms with E-state index in [1.54, 1.807) is 19.2 Å². The van der Waals surface area contributed by atoms with Crippen molar-refractivity contribution in [2.75, 3.05) is 7.11 Å². The number of hydrogen-bond donors (Lipinski definition) is 1. The number of rotatable bonds is 4. The molecule has 1 N–H and O–H groups in total. The number of methoxy groups -OCH3 is 1. The first-order chi connectivity index (χ1) is 12.2. The third-order valence-corrected chi connectivity index (χ3v) is 4.09. The van der Waals surface area contributed by atoms with E-state index < -0.39 is 0 Å². The van der Waals surface area contributed by atoms with Crippen LogP contribution in [0.15, 0.2) is 72.8 Å². The van der Waals surface area contributed by atoms with Crippen LogP contribution in [0.2, 0.25) is 0 Å². The van der Waals surface area contributed by atoms with Gasteiger partial charge in [0.05, 0.1) is 7.11 Å². The lowest BCUT2D eigenvalue weighted by atomic mass is 9.85. The molecule has 2 nitrogen and oxygen atoms in total. The Morgan fingerprint density at radius 3 is 1.52 bits per heavy atom. The minimum atomic E-state index is 0.127. The second-order valence-corrected chi connectivity index (χ2v) is 5.71. The van der Waals surface area contributed by atoms with E-state index in [9.17, 15) is 5.11 Å². The molecule has 0 saturated carbocycles. The lowest BCUT2D eigenvalue weighted by Crippen LogP contribution is -2.03. The van der Waals surface area contributed by atoms with Crippen molar-refractivity contribution < 1.29 is 9.84 Å². The van der Waals surface area contributed by atoms with E-state index in [1.165, 1.54) is 16.7 Å². The van der Waals surface area contributed by atoms with Gasteiger partial charge in [-0.2, -0.15) is 0 Å². The van der Waals surface area contributed by atoms with Gasteiger partial charge in [0.2, 0.25) is 0 Å². The molecule has 130 valence electrons. The summed E-state index contributed by atoms with van der Waals surface area (Å²) in [6.07, 6.45) is 0. The predicted molar refractivity (Wildman–Crippen MR) is 105 cm³/mol. The third kappa shape index (κ3) is 4.63. The van der Waals surface area contributed by atoms with Gasteiger partial charge in [0.1, 0.15) is 11.5 Å². The maximum absolute atomic E-state index is 9.57. The van der Waals surface area contributed by atoms with E-state index in [-0.39, 0.29) is 11.7 Å². The molecule has 0 amide bonds. The second-order valence-electron chi connectivity index (χ2n) is 5.71. The maximum atomic E-state index is 9.57. The SMILES string of the molecule is CC.COc1ccc(C(c2ccc(C)cc2)c2ccc(O)cc2)cc1. The Morgan fingerprint density at radius 1 is 0.680 bits per heavy atom. The van der Waals surface area contributed by atoms with E-state index in [0.29, 0.717) is 0 Å². The van der Waals surface area contributed by atoms with Crippen LogP contribution in [-0.4, -0.2) is 12.2 Å². The van der Waals surface area contributed by atoms with Crippen molar-refractivity contribution in [2.24, 2.45) is 0 Å². The van der Waals surface area contributed by atoms with Crippen molar-refractivity contribution in [1.29, 1.82) is 0 Å². The molecule has 3 rings (SSSR count). The summed E-state index contributed by atoms with van der Waals surface area (Å²) in [6, 6.07) is 24.2. The lowest BCUT2D eigenvalue weighted by Gasteiger charge is -2.19. The highest BCUT2D eigenvalue weighted by Gasteiger charge is 2.16. The van der Waals surface area contributed by atoms with Crippen molar-refractivity contribution in [2.45, 2.75) is 26.7 Å². The molecule has 0 bridgehead atoms. The summed E-state index contributed by atoms with van der Waals surface area (Å²) >= 11 is 0. The number of phenolic OH excluding ortho intramolecular Hbond substituents is 1. The Kier molecular flexibility index (Phi) is 6.64. The van der Waals surface area contributed by atoms with Gasteiger partial charge in [0, 0.05) is 5.92 Å². The van der Waals surface area contributed by atoms with E-state index in [2.05, 4.69) is 43.3 Å². The van der Waals surface area contributed by atoms with Gasteiger partial charge in [0.15, 0.2) is 0 Å². The van der Waals surface area contributed by atoms with Crippen LogP contribution < -0.4 is 4.74 Å². The van der Waals surface area contributed by atoms with Gasteiger partial charge in [-0.15, -0.1) is 0 Å². The van der Waals surface area contributed by atoms with Gasteiger partial charge in [0.25, 0.3) is 0 Å². The highest BCUT2D eigenvalue weighted by atomic mass is 16.5. The van der Waals surface area contributed by atoms with Gasteiger partial charge >= 0.3 is 0 Å². The molecule has 0 saturated heterocycles. The largest absolute Gasteiger partial charge is 0.508 e. The maximum Gasteiger partial charge on any atom is 0.118 e. The summed E-state index contributed by atoms with van der Waals surface area (Å²) in [7, 11) is 1.67. The standard InChI is InChI=1S/C21H20O2.C2H6/c1-15-3-5-16(6-4-15)21(17-7-11-19(22)12-8-17)18-9-13-20(23-2)14-10-18;1-2/h3-14,21-22H,1-2H3;1-2H3. The fraction of sp³-hybridized carbons (Fsp3) is 0.217. The molecule has 0 aliphatic rings. The lowest BCUT2D eigenvalue weighted by molar-refractivity contribution is 0.414. The number of aryl methyl sites for hydroxylation is 1. The smallest absolute Gasteiger partial charge is 0.118 e. The molecule has 0 radical (unpaired) electrons. The van der Waals surface area contributed by atoms with Gasteiger partial charge in [-0.05, 0) is 47.9 Å². The second kappa shape index (κ2) is 8.93. The zero-order valence-electron chi connectivity index (χ0n) is 15.4. The highest BCUT2D eigenvalue weighted by molar-refractivity contribution is 5.46. The van der Waals surface area contributed by atoms with Crippen LogP contribution >= 0.6 is 0 Å². The molecule has 0 spiro atoms. The Balaban J connectivity index is 0.00000109. The Bertz CT molecular complexity index is 711. The van der Waals surface area contributed by atoms with Crippen LogP contribution in [0, 0.1) is 6.92 Å². The van der Waals surface area contributed by atoms with Crippen molar-refractivity contribution in [1.82, 2.24) is 0 Å². The normalized spacial score (nSPS) is 11.2. The van der Waals surface area contributed by atoms with E-state index in [4.69, 9.17) is 4.74 Å². The summed E-state index contributed by atoms with van der Waals surface area (Å²) in [4.78, 5) is 0. The Hall–Kier alpha value is -2.74. The number of phenols is 1. The van der Waals surface area contributed by atoms with Crippen molar-refractivity contribution in [3.63, 3.8) is 0 Å². The van der Waals surface area contributed by atoms with Crippen molar-refractivity contribution >= 4 is 0 Å². The minimum Gasteiger partial charge on any atom is -0.508 e. The summed E-state index contributed by atoms with van der Waals surface area (Å²) in [5.41, 5.74) is 4.82. The average Bonchev–Trinajstić information content (AvgIpc) is 2.67. The van der Waals surface area contributed by atoms with Crippen molar-refractivity contribution in [3.05, 3.63) is 95.1 Å². The van der Waals surface area contributed by atoms with Gasteiger partial charge < -0.3 is 9.84 Å². The molecule has 0 heterocycles. The summed E-state index contributed by atoms with van der Waals surface area (Å²) in [5.74, 6) is 1.26. The Morgan fingerprint density at radius 2 is 1.08 bits per heavy atom. The first-order valence-corrected chi connectivity index (χ1v) is 8.67. The van der Waals surface area contributed by atoms with E-state index >= 15 is 0 Å². The summed E-state index contributed by atoms with van der Waals surface area (Å²) in [6.45, 7) is 6.09. The zero-order chi connectivity index (χ0) is 18.2. The average molecular weight is 334 g/mol. The molecular formula is C23H26O2. The fourth-order valence-corrected chi connectivity index (χ4v) is 2.80. The quantitative estimate of drug-likeness (QED) is 0.600. The van der Waals surface area contributed by atoms with Gasteiger partial charge in [-0.25, -0.2) is 0 Å². The first kappa shape index (κ1) is 18.6. The molecule has 2 heteroatoms. The van der Waals surface area contributed by atoms with E-state index in [1.807, 2.05) is 38.1 Å². The van der Waals surface area contributed by atoms with Gasteiger partial charge in [-0.1, -0.05) is 67.9 Å². The molecule has 25 heavy (non-hydrogen) atoms. The number of benzene rings is 3. The monoisotopic (exact) mass is 334 g/mol. The number of ether oxygens (including phenoxy) is 1. The van der Waals surface area contributed by atoms with E-state index in [0.717, 1.165) is 11.3 Å². The van der Waals surface area contributed by atoms with Crippen molar-refractivity contribution in [3.8, 4) is 11.5 Å². The topological polar surface area (TPSA) is 29.5 Å². The van der Waals surface area contributed by atoms with Crippen LogP contribution in [0.4, 0.5) is 0 Å². The molecule has 0 fully saturated rings. The molecule has 0 aliphatic carbocycles. The third-order valence-electron chi connectivity index (χ3n) is 4.09. The van der Waals surface area contributed by atoms with Gasteiger partial charge in [-0.3, -0.25) is 0 Å². The molecule has 3 aromatic carbocycles. The molecular weight excluding hydrogens is 308 g/mol. The summed E-state index contributed by atoms with van der Waals surface area (Å²) in [5, 5.41) is 9.57. The molecule has 0 aromatic heterocycles. The van der Waals surface area contributed by atoms with Crippen LogP contribution in [0.25, 0.3) is 0 Å². The highest BCUT2D eigenvalue weighted by Crippen LogP contribution is 2.33. The van der Waals surface area contributed by atoms with Crippen LogP contribution in [0.1, 0.15) is 42.0 Å². The minimum absolute atomic E-state index is 0.127. The van der Waals surface area contributed by atoms with Crippen LogP contribution in [0.3, 0.4) is 0 Å². The summed E-state index contributed by atoms with van der Waals surface area (Å²) < 4.78 is 5.26. The number of aromatic hydroxyl groups is 1. The van der Waals surface area contributed by atoms with Crippen LogP contribution in [0.5, 0.6) is 11.5 Å². The molecule has 1 atom stereocenters. The molecule has 3 aromatic rings. The predicted octanol–water partition coefficient (Wildman–Crippen LogP) is 5.92.